The molecule has 2 atom stereocenters. The van der Waals surface area contributed by atoms with Gasteiger partial charge in [-0.15, -0.1) is 0 Å². The van der Waals surface area contributed by atoms with E-state index in [4.69, 9.17) is 11.6 Å². The average molecular weight is 267 g/mol. The number of carbonyl (C=O) groups excluding carboxylic acids is 1. The number of likely N-dealkylation sites (tertiary alicyclic amines) is 1. The van der Waals surface area contributed by atoms with Crippen molar-refractivity contribution in [3.05, 3.63) is 28.8 Å². The van der Waals surface area contributed by atoms with Gasteiger partial charge in [0.15, 0.2) is 0 Å². The summed E-state index contributed by atoms with van der Waals surface area (Å²) in [5, 5.41) is 13.2. The summed E-state index contributed by atoms with van der Waals surface area (Å²) in [6.45, 7) is 3.54. The monoisotopic (exact) mass is 266 g/mol. The molecule has 1 aromatic rings. The first-order valence-electron chi connectivity index (χ1n) is 6.13. The van der Waals surface area contributed by atoms with Gasteiger partial charge in [0.25, 0.3) is 5.91 Å². The predicted octanol–water partition coefficient (Wildman–Crippen LogP) is 1.34. The molecule has 3 rings (SSSR count). The number of amides is 1. The lowest BCUT2D eigenvalue weighted by Crippen LogP contribution is -2.32. The summed E-state index contributed by atoms with van der Waals surface area (Å²) < 4.78 is 0. The van der Waals surface area contributed by atoms with Gasteiger partial charge in [0, 0.05) is 26.2 Å². The molecule has 2 unspecified atom stereocenters. The standard InChI is InChI=1S/C13H15ClN2O2/c14-12-2-1-10(17)3-11(12)13(18)16-6-8-4-15-5-9(8)7-16/h1-3,8-9,15,17H,4-7H2. The Morgan fingerprint density at radius 1 is 1.33 bits per heavy atom. The first-order valence-corrected chi connectivity index (χ1v) is 6.51. The van der Waals surface area contributed by atoms with Crippen LogP contribution in [0.4, 0.5) is 0 Å². The highest BCUT2D eigenvalue weighted by molar-refractivity contribution is 6.33. The van der Waals surface area contributed by atoms with E-state index in [0.717, 1.165) is 26.2 Å². The van der Waals surface area contributed by atoms with E-state index in [0.29, 0.717) is 22.4 Å². The second-order valence-corrected chi connectivity index (χ2v) is 5.46. The fourth-order valence-electron chi connectivity index (χ4n) is 2.87. The number of hydrogen-bond acceptors (Lipinski definition) is 3. The SMILES string of the molecule is O=C(c1cc(O)ccc1Cl)N1CC2CNCC2C1. The van der Waals surface area contributed by atoms with Gasteiger partial charge >= 0.3 is 0 Å². The van der Waals surface area contributed by atoms with E-state index in [1.807, 2.05) is 4.90 Å². The number of carbonyl (C=O) groups is 1. The van der Waals surface area contributed by atoms with Crippen molar-refractivity contribution in [3.8, 4) is 5.75 Å². The first kappa shape index (κ1) is 11.8. The number of nitrogens with zero attached hydrogens (tertiary/aromatic N) is 1. The fraction of sp³-hybridized carbons (Fsp3) is 0.462. The molecule has 2 saturated heterocycles. The summed E-state index contributed by atoms with van der Waals surface area (Å²) in [5.41, 5.74) is 0.393. The van der Waals surface area contributed by atoms with Gasteiger partial charge in [-0.1, -0.05) is 11.6 Å². The Morgan fingerprint density at radius 3 is 2.67 bits per heavy atom. The summed E-state index contributed by atoms with van der Waals surface area (Å²) in [5.74, 6) is 1.11. The van der Waals surface area contributed by atoms with Crippen LogP contribution in [0.15, 0.2) is 18.2 Å². The van der Waals surface area contributed by atoms with E-state index in [1.54, 1.807) is 6.07 Å². The molecule has 2 aliphatic rings. The number of aromatic hydroxyl groups is 1. The smallest absolute Gasteiger partial charge is 0.255 e. The minimum absolute atomic E-state index is 0.0730. The van der Waals surface area contributed by atoms with Crippen LogP contribution in [0.25, 0.3) is 0 Å². The maximum absolute atomic E-state index is 12.4. The lowest BCUT2D eigenvalue weighted by atomic mass is 10.0. The molecular weight excluding hydrogens is 252 g/mol. The van der Waals surface area contributed by atoms with Crippen LogP contribution < -0.4 is 5.32 Å². The van der Waals surface area contributed by atoms with Crippen molar-refractivity contribution in [1.29, 1.82) is 0 Å². The number of halogens is 1. The number of hydrogen-bond donors (Lipinski definition) is 2. The molecule has 1 aromatic carbocycles. The van der Waals surface area contributed by atoms with Gasteiger partial charge in [-0.3, -0.25) is 4.79 Å². The molecule has 96 valence electrons. The molecule has 1 amide bonds. The first-order chi connectivity index (χ1) is 8.65. The molecule has 0 bridgehead atoms. The van der Waals surface area contributed by atoms with E-state index >= 15 is 0 Å². The quantitative estimate of drug-likeness (QED) is 0.807. The predicted molar refractivity (Wildman–Crippen MR) is 68.9 cm³/mol. The molecule has 0 aliphatic carbocycles. The molecule has 0 radical (unpaired) electrons. The van der Waals surface area contributed by atoms with Crippen LogP contribution in [-0.4, -0.2) is 42.1 Å². The summed E-state index contributed by atoms with van der Waals surface area (Å²) >= 11 is 6.02. The van der Waals surface area contributed by atoms with Crippen LogP contribution in [-0.2, 0) is 0 Å². The van der Waals surface area contributed by atoms with Gasteiger partial charge in [-0.05, 0) is 30.0 Å². The highest BCUT2D eigenvalue weighted by Gasteiger charge is 2.38. The minimum Gasteiger partial charge on any atom is -0.508 e. The van der Waals surface area contributed by atoms with E-state index < -0.39 is 0 Å². The third kappa shape index (κ3) is 1.95. The number of benzene rings is 1. The zero-order chi connectivity index (χ0) is 12.7. The van der Waals surface area contributed by atoms with Crippen molar-refractivity contribution in [2.45, 2.75) is 0 Å². The largest absolute Gasteiger partial charge is 0.508 e. The normalized spacial score (nSPS) is 26.4. The summed E-state index contributed by atoms with van der Waals surface area (Å²) in [6.07, 6.45) is 0. The van der Waals surface area contributed by atoms with E-state index in [9.17, 15) is 9.90 Å². The Kier molecular flexibility index (Phi) is 2.92. The Hall–Kier alpha value is -1.26. The average Bonchev–Trinajstić information content (AvgIpc) is 2.91. The van der Waals surface area contributed by atoms with Gasteiger partial charge in [-0.2, -0.15) is 0 Å². The summed E-state index contributed by atoms with van der Waals surface area (Å²) in [7, 11) is 0. The second kappa shape index (κ2) is 4.44. The van der Waals surface area contributed by atoms with E-state index in [-0.39, 0.29) is 11.7 Å². The van der Waals surface area contributed by atoms with Crippen LogP contribution in [0.5, 0.6) is 5.75 Å². The topological polar surface area (TPSA) is 52.6 Å². The zero-order valence-electron chi connectivity index (χ0n) is 9.90. The number of phenolic OH excluding ortho intramolecular Hbond substituents is 1. The molecule has 5 heteroatoms. The molecule has 2 fully saturated rings. The summed E-state index contributed by atoms with van der Waals surface area (Å²) in [6, 6.07) is 4.49. The van der Waals surface area contributed by atoms with Crippen LogP contribution in [0.3, 0.4) is 0 Å². The second-order valence-electron chi connectivity index (χ2n) is 5.05. The molecule has 4 nitrogen and oxygen atoms in total. The van der Waals surface area contributed by atoms with E-state index in [2.05, 4.69) is 5.32 Å². The maximum atomic E-state index is 12.4. The van der Waals surface area contributed by atoms with Crippen molar-refractivity contribution in [2.24, 2.45) is 11.8 Å². The maximum Gasteiger partial charge on any atom is 0.255 e. The van der Waals surface area contributed by atoms with Gasteiger partial charge < -0.3 is 15.3 Å². The van der Waals surface area contributed by atoms with Crippen molar-refractivity contribution in [3.63, 3.8) is 0 Å². The molecule has 0 aromatic heterocycles. The number of nitrogens with one attached hydrogen (secondary N) is 1. The zero-order valence-corrected chi connectivity index (χ0v) is 10.7. The van der Waals surface area contributed by atoms with Gasteiger partial charge in [0.1, 0.15) is 5.75 Å². The van der Waals surface area contributed by atoms with Crippen molar-refractivity contribution >= 4 is 17.5 Å². The van der Waals surface area contributed by atoms with Crippen LogP contribution >= 0.6 is 11.6 Å². The number of fused-ring (bicyclic) bond motifs is 1. The van der Waals surface area contributed by atoms with Crippen LogP contribution in [0.1, 0.15) is 10.4 Å². The van der Waals surface area contributed by atoms with Crippen molar-refractivity contribution < 1.29 is 9.90 Å². The highest BCUT2D eigenvalue weighted by atomic mass is 35.5. The minimum atomic E-state index is -0.0784. The molecule has 0 spiro atoms. The van der Waals surface area contributed by atoms with Crippen LogP contribution in [0.2, 0.25) is 5.02 Å². The van der Waals surface area contributed by atoms with Gasteiger partial charge in [-0.25, -0.2) is 0 Å². The molecular formula is C13H15ClN2O2. The lowest BCUT2D eigenvalue weighted by Gasteiger charge is -2.18. The summed E-state index contributed by atoms with van der Waals surface area (Å²) in [4.78, 5) is 14.2. The lowest BCUT2D eigenvalue weighted by molar-refractivity contribution is 0.0781. The van der Waals surface area contributed by atoms with Crippen LogP contribution in [0, 0.1) is 11.8 Å². The molecule has 0 saturated carbocycles. The highest BCUT2D eigenvalue weighted by Crippen LogP contribution is 2.29. The Labute approximate surface area is 111 Å². The third-order valence-corrected chi connectivity index (χ3v) is 4.19. The Bertz CT molecular complexity index is 480. The molecule has 2 heterocycles. The molecule has 2 N–H and O–H groups in total. The third-order valence-electron chi connectivity index (χ3n) is 3.86. The Morgan fingerprint density at radius 2 is 2.00 bits per heavy atom. The molecule has 18 heavy (non-hydrogen) atoms. The number of rotatable bonds is 1. The molecule has 2 aliphatic heterocycles. The van der Waals surface area contributed by atoms with Gasteiger partial charge in [0.05, 0.1) is 10.6 Å². The number of phenols is 1. The fourth-order valence-corrected chi connectivity index (χ4v) is 3.07. The Balaban J connectivity index is 1.81. The van der Waals surface area contributed by atoms with Gasteiger partial charge in [0.2, 0.25) is 0 Å². The van der Waals surface area contributed by atoms with Crippen molar-refractivity contribution in [1.82, 2.24) is 10.2 Å². The van der Waals surface area contributed by atoms with Crippen molar-refractivity contribution in [2.75, 3.05) is 26.2 Å². The van der Waals surface area contributed by atoms with E-state index in [1.165, 1.54) is 12.1 Å².